The molecule has 0 aliphatic rings. The van der Waals surface area contributed by atoms with Gasteiger partial charge in [-0.2, -0.15) is 12.6 Å². The van der Waals surface area contributed by atoms with Crippen molar-refractivity contribution >= 4 is 23.7 Å². The van der Waals surface area contributed by atoms with Crippen molar-refractivity contribution in [3.63, 3.8) is 0 Å². The lowest BCUT2D eigenvalue weighted by Gasteiger charge is -2.06. The van der Waals surface area contributed by atoms with E-state index < -0.39 is 0 Å². The van der Waals surface area contributed by atoms with E-state index in [9.17, 15) is 0 Å². The number of imidazole rings is 1. The monoisotopic (exact) mass is 234 g/mol. The third-order valence-electron chi connectivity index (χ3n) is 2.86. The second-order valence-corrected chi connectivity index (χ2v) is 4.50. The Hall–Kier alpha value is -0.960. The molecule has 0 fully saturated rings. The van der Waals surface area contributed by atoms with Gasteiger partial charge in [-0.15, -0.1) is 0 Å². The van der Waals surface area contributed by atoms with Crippen LogP contribution in [0.5, 0.6) is 0 Å². The van der Waals surface area contributed by atoms with Crippen LogP contribution in [0.3, 0.4) is 0 Å². The lowest BCUT2D eigenvalue weighted by Crippen LogP contribution is -2.02. The van der Waals surface area contributed by atoms with Gasteiger partial charge in [0.1, 0.15) is 5.82 Å². The zero-order valence-corrected chi connectivity index (χ0v) is 10.8. The molecule has 1 heterocycles. The van der Waals surface area contributed by atoms with E-state index in [4.69, 9.17) is 0 Å². The molecule has 0 aliphatic carbocycles. The quantitative estimate of drug-likeness (QED) is 0.801. The van der Waals surface area contributed by atoms with Crippen LogP contribution in [-0.4, -0.2) is 9.55 Å². The Labute approximate surface area is 102 Å². The number of hydrogen-bond acceptors (Lipinski definition) is 2. The summed E-state index contributed by atoms with van der Waals surface area (Å²) in [7, 11) is 0. The summed E-state index contributed by atoms with van der Waals surface area (Å²) in [5.74, 6) is 1.79. The summed E-state index contributed by atoms with van der Waals surface area (Å²) in [5, 5.41) is 0. The second-order valence-electron chi connectivity index (χ2n) is 4.18. The molecule has 0 N–H and O–H groups in total. The SMILES string of the molecule is CCCCn1c(CS)nc2cc(C)ccc21. The van der Waals surface area contributed by atoms with Crippen LogP contribution < -0.4 is 0 Å². The van der Waals surface area contributed by atoms with Gasteiger partial charge in [-0.25, -0.2) is 4.98 Å². The fraction of sp³-hybridized carbons (Fsp3) is 0.462. The average Bonchev–Trinajstić information content (AvgIpc) is 2.63. The van der Waals surface area contributed by atoms with Crippen LogP contribution in [0, 0.1) is 6.92 Å². The minimum Gasteiger partial charge on any atom is -0.327 e. The van der Waals surface area contributed by atoms with E-state index in [1.54, 1.807) is 0 Å². The van der Waals surface area contributed by atoms with E-state index in [0.717, 1.165) is 17.9 Å². The van der Waals surface area contributed by atoms with Crippen molar-refractivity contribution < 1.29 is 0 Å². The van der Waals surface area contributed by atoms with E-state index in [2.05, 4.69) is 54.2 Å². The second kappa shape index (κ2) is 4.91. The fourth-order valence-electron chi connectivity index (χ4n) is 1.98. The Morgan fingerprint density at radius 1 is 1.38 bits per heavy atom. The molecule has 0 unspecified atom stereocenters. The lowest BCUT2D eigenvalue weighted by atomic mass is 10.2. The Balaban J connectivity index is 2.50. The van der Waals surface area contributed by atoms with Crippen LogP contribution in [0.4, 0.5) is 0 Å². The predicted molar refractivity (Wildman–Crippen MR) is 72.1 cm³/mol. The summed E-state index contributed by atoms with van der Waals surface area (Å²) in [5.41, 5.74) is 3.60. The maximum Gasteiger partial charge on any atom is 0.119 e. The first-order chi connectivity index (χ1) is 7.76. The first-order valence-electron chi connectivity index (χ1n) is 5.83. The van der Waals surface area contributed by atoms with Crippen LogP contribution in [0.2, 0.25) is 0 Å². The average molecular weight is 234 g/mol. The lowest BCUT2D eigenvalue weighted by molar-refractivity contribution is 0.629. The molecule has 0 saturated carbocycles. The van der Waals surface area contributed by atoms with Crippen molar-refractivity contribution in [1.82, 2.24) is 9.55 Å². The normalized spacial score (nSPS) is 11.2. The molecule has 0 amide bonds. The first kappa shape index (κ1) is 11.5. The molecule has 0 saturated heterocycles. The van der Waals surface area contributed by atoms with Crippen molar-refractivity contribution in [1.29, 1.82) is 0 Å². The molecule has 2 rings (SSSR count). The molecule has 0 radical (unpaired) electrons. The van der Waals surface area contributed by atoms with Gasteiger partial charge in [0.2, 0.25) is 0 Å². The number of thiol groups is 1. The minimum absolute atomic E-state index is 0.706. The van der Waals surface area contributed by atoms with Crippen LogP contribution in [0.1, 0.15) is 31.2 Å². The summed E-state index contributed by atoms with van der Waals surface area (Å²) < 4.78 is 2.30. The fourth-order valence-corrected chi connectivity index (χ4v) is 2.22. The Kier molecular flexibility index (Phi) is 3.54. The maximum atomic E-state index is 4.63. The molecule has 1 aromatic carbocycles. The van der Waals surface area contributed by atoms with Crippen LogP contribution >= 0.6 is 12.6 Å². The smallest absolute Gasteiger partial charge is 0.119 e. The molecule has 0 aliphatic heterocycles. The first-order valence-corrected chi connectivity index (χ1v) is 6.46. The molecular formula is C13H18N2S. The van der Waals surface area contributed by atoms with Crippen molar-refractivity contribution in [3.05, 3.63) is 29.6 Å². The molecule has 1 aromatic heterocycles. The van der Waals surface area contributed by atoms with Gasteiger partial charge in [0, 0.05) is 12.3 Å². The van der Waals surface area contributed by atoms with Crippen LogP contribution in [0.25, 0.3) is 11.0 Å². The number of unbranched alkanes of at least 4 members (excludes halogenated alkanes) is 1. The highest BCUT2D eigenvalue weighted by atomic mass is 32.1. The number of rotatable bonds is 4. The van der Waals surface area contributed by atoms with Gasteiger partial charge in [-0.3, -0.25) is 0 Å². The van der Waals surface area contributed by atoms with Crippen LogP contribution in [0.15, 0.2) is 18.2 Å². The standard InChI is InChI=1S/C13H18N2S/c1-3-4-7-15-12-6-5-10(2)8-11(12)14-13(15)9-16/h5-6,8,16H,3-4,7,9H2,1-2H3. The highest BCUT2D eigenvalue weighted by molar-refractivity contribution is 7.79. The summed E-state index contributed by atoms with van der Waals surface area (Å²) >= 11 is 4.36. The van der Waals surface area contributed by atoms with Gasteiger partial charge in [-0.1, -0.05) is 19.4 Å². The molecule has 3 heteroatoms. The van der Waals surface area contributed by atoms with Gasteiger partial charge in [0.15, 0.2) is 0 Å². The molecule has 0 spiro atoms. The zero-order chi connectivity index (χ0) is 11.5. The zero-order valence-electron chi connectivity index (χ0n) is 9.90. The highest BCUT2D eigenvalue weighted by Crippen LogP contribution is 2.19. The Morgan fingerprint density at radius 3 is 2.88 bits per heavy atom. The maximum absolute atomic E-state index is 4.63. The van der Waals surface area contributed by atoms with Gasteiger partial charge in [0.05, 0.1) is 11.0 Å². The van der Waals surface area contributed by atoms with E-state index in [1.807, 2.05) is 0 Å². The van der Waals surface area contributed by atoms with E-state index >= 15 is 0 Å². The summed E-state index contributed by atoms with van der Waals surface area (Å²) in [6.07, 6.45) is 2.40. The highest BCUT2D eigenvalue weighted by Gasteiger charge is 2.08. The largest absolute Gasteiger partial charge is 0.327 e. The number of hydrogen-bond donors (Lipinski definition) is 1. The third kappa shape index (κ3) is 2.09. The van der Waals surface area contributed by atoms with Crippen molar-refractivity contribution in [2.24, 2.45) is 0 Å². The van der Waals surface area contributed by atoms with Crippen molar-refractivity contribution in [2.45, 2.75) is 39.0 Å². The number of aromatic nitrogens is 2. The van der Waals surface area contributed by atoms with Gasteiger partial charge < -0.3 is 4.57 Å². The van der Waals surface area contributed by atoms with E-state index in [1.165, 1.54) is 23.9 Å². The molecule has 0 atom stereocenters. The van der Waals surface area contributed by atoms with Crippen molar-refractivity contribution in [2.75, 3.05) is 0 Å². The number of fused-ring (bicyclic) bond motifs is 1. The molecule has 16 heavy (non-hydrogen) atoms. The topological polar surface area (TPSA) is 17.8 Å². The predicted octanol–water partition coefficient (Wildman–Crippen LogP) is 3.57. The van der Waals surface area contributed by atoms with Gasteiger partial charge >= 0.3 is 0 Å². The van der Waals surface area contributed by atoms with E-state index in [-0.39, 0.29) is 0 Å². The summed E-state index contributed by atoms with van der Waals surface area (Å²) in [6.45, 7) is 5.36. The Morgan fingerprint density at radius 2 is 2.19 bits per heavy atom. The number of benzene rings is 1. The number of aryl methyl sites for hydroxylation is 2. The number of nitrogens with zero attached hydrogens (tertiary/aromatic N) is 2. The van der Waals surface area contributed by atoms with Gasteiger partial charge in [0.25, 0.3) is 0 Å². The molecule has 0 bridgehead atoms. The van der Waals surface area contributed by atoms with Crippen LogP contribution in [-0.2, 0) is 12.3 Å². The summed E-state index contributed by atoms with van der Waals surface area (Å²) in [4.78, 5) is 4.63. The molecule has 2 aromatic rings. The minimum atomic E-state index is 0.706. The molecule has 2 nitrogen and oxygen atoms in total. The van der Waals surface area contributed by atoms with E-state index in [0.29, 0.717) is 5.75 Å². The Bertz CT molecular complexity index is 488. The molecular weight excluding hydrogens is 216 g/mol. The van der Waals surface area contributed by atoms with Gasteiger partial charge in [-0.05, 0) is 31.0 Å². The third-order valence-corrected chi connectivity index (χ3v) is 3.14. The summed E-state index contributed by atoms with van der Waals surface area (Å²) in [6, 6.07) is 6.46. The molecule has 86 valence electrons. The van der Waals surface area contributed by atoms with Crippen molar-refractivity contribution in [3.8, 4) is 0 Å².